The molecule has 0 aromatic heterocycles. The van der Waals surface area contributed by atoms with Crippen molar-refractivity contribution in [2.75, 3.05) is 6.61 Å². The fraction of sp³-hybridized carbons (Fsp3) is 0.206. The van der Waals surface area contributed by atoms with Crippen LogP contribution in [0.2, 0.25) is 5.02 Å². The fourth-order valence-electron chi connectivity index (χ4n) is 6.25. The Morgan fingerprint density at radius 3 is 1.88 bits per heavy atom. The molecule has 0 saturated carbocycles. The molecule has 4 aromatic carbocycles. The Morgan fingerprint density at radius 2 is 1.40 bits per heavy atom. The minimum atomic E-state index is -0.876. The quantitative estimate of drug-likeness (QED) is 0.199. The first kappa shape index (κ1) is 26.5. The number of aliphatic hydroxyl groups excluding tert-OH is 1. The van der Waals surface area contributed by atoms with E-state index in [0.29, 0.717) is 23.1 Å². The Morgan fingerprint density at radius 1 is 0.875 bits per heavy atom. The summed E-state index contributed by atoms with van der Waals surface area (Å²) in [7, 11) is 0. The van der Waals surface area contributed by atoms with Crippen LogP contribution in [0, 0.1) is 0 Å². The van der Waals surface area contributed by atoms with E-state index < -0.39 is 11.3 Å². The summed E-state index contributed by atoms with van der Waals surface area (Å²) >= 11 is 6.87. The molecule has 0 spiro atoms. The first-order valence-corrected chi connectivity index (χ1v) is 13.8. The van der Waals surface area contributed by atoms with E-state index in [0.717, 1.165) is 33.6 Å². The average Bonchev–Trinajstić information content (AvgIpc) is 3.31. The third kappa shape index (κ3) is 3.93. The Labute approximate surface area is 240 Å². The fourth-order valence-corrected chi connectivity index (χ4v) is 6.49. The molecule has 202 valence electrons. The highest BCUT2D eigenvalue weighted by Gasteiger charge is 2.61. The minimum Gasteiger partial charge on any atom is -0.456 e. The number of ether oxygens (including phenoxy) is 2. The first-order valence-electron chi connectivity index (χ1n) is 13.4. The monoisotopic (exact) mass is 551 g/mol. The van der Waals surface area contributed by atoms with Crippen molar-refractivity contribution in [2.45, 2.75) is 38.7 Å². The smallest absolute Gasteiger partial charge is 0.205 e. The number of halogens is 1. The molecule has 2 aliphatic rings. The Bertz CT molecular complexity index is 1500. The summed E-state index contributed by atoms with van der Waals surface area (Å²) in [6, 6.07) is 35.3. The molecule has 2 heterocycles. The summed E-state index contributed by atoms with van der Waals surface area (Å²) in [5.74, 6) is -0.138. The van der Waals surface area contributed by atoms with E-state index in [4.69, 9.17) is 26.1 Å². The molecular weight excluding hydrogens is 520 g/mol. The maximum absolute atomic E-state index is 10.5. The van der Waals surface area contributed by atoms with Gasteiger partial charge in [-0.25, -0.2) is 0 Å². The zero-order valence-corrected chi connectivity index (χ0v) is 23.6. The van der Waals surface area contributed by atoms with Crippen LogP contribution in [0.15, 0.2) is 120 Å². The van der Waals surface area contributed by atoms with Crippen LogP contribution < -0.4 is 9.22 Å². The number of fused-ring (bicyclic) bond motifs is 1. The number of rotatable bonds is 6. The van der Waals surface area contributed by atoms with E-state index in [-0.39, 0.29) is 11.1 Å². The molecule has 5 nitrogen and oxygen atoms in total. The molecule has 4 aromatic rings. The summed E-state index contributed by atoms with van der Waals surface area (Å²) in [5.41, 5.74) is 5.44. The topological polar surface area (TPSA) is 51.1 Å². The molecule has 2 aliphatic heterocycles. The maximum atomic E-state index is 10.5. The zero-order chi connectivity index (χ0) is 28.0. The molecule has 0 amide bonds. The third-order valence-electron chi connectivity index (χ3n) is 8.00. The lowest BCUT2D eigenvalue weighted by atomic mass is 9.73. The lowest BCUT2D eigenvalue weighted by molar-refractivity contribution is -0.180. The van der Waals surface area contributed by atoms with Crippen LogP contribution in [0.4, 0.5) is 5.69 Å². The van der Waals surface area contributed by atoms with Gasteiger partial charge in [-0.1, -0.05) is 103 Å². The molecule has 0 fully saturated rings. The molecule has 1 atom stereocenters. The summed E-state index contributed by atoms with van der Waals surface area (Å²) < 4.78 is 12.8. The van der Waals surface area contributed by atoms with Gasteiger partial charge in [0.25, 0.3) is 0 Å². The van der Waals surface area contributed by atoms with E-state index in [2.05, 4.69) is 72.8 Å². The van der Waals surface area contributed by atoms with Crippen molar-refractivity contribution in [3.8, 4) is 5.75 Å². The number of hydrogen-bond acceptors (Lipinski definition) is 4. The van der Waals surface area contributed by atoms with Crippen LogP contribution in [0.5, 0.6) is 5.75 Å². The van der Waals surface area contributed by atoms with Crippen LogP contribution in [0.3, 0.4) is 0 Å². The second kappa shape index (κ2) is 10.0. The number of nitrogens with zero attached hydrogens (tertiary/aromatic N) is 2. The van der Waals surface area contributed by atoms with E-state index in [1.54, 1.807) is 0 Å². The highest BCUT2D eigenvalue weighted by Crippen LogP contribution is 2.57. The molecule has 1 unspecified atom stereocenters. The van der Waals surface area contributed by atoms with Crippen molar-refractivity contribution in [2.24, 2.45) is 4.99 Å². The van der Waals surface area contributed by atoms with Crippen molar-refractivity contribution in [1.82, 2.24) is 4.48 Å². The third-order valence-corrected chi connectivity index (χ3v) is 8.22. The van der Waals surface area contributed by atoms with Crippen molar-refractivity contribution in [3.05, 3.63) is 142 Å². The predicted octanol–water partition coefficient (Wildman–Crippen LogP) is 7.55. The number of aliphatic imine (C=N–C) groups is 1. The first-order chi connectivity index (χ1) is 19.3. The van der Waals surface area contributed by atoms with Crippen molar-refractivity contribution in [3.63, 3.8) is 0 Å². The largest absolute Gasteiger partial charge is 0.456 e. The normalized spacial score (nSPS) is 19.8. The Hall–Kier alpha value is -3.74. The van der Waals surface area contributed by atoms with Crippen LogP contribution in [-0.4, -0.2) is 23.8 Å². The van der Waals surface area contributed by atoms with Gasteiger partial charge in [0.2, 0.25) is 12.1 Å². The van der Waals surface area contributed by atoms with Crippen molar-refractivity contribution >= 4 is 23.6 Å². The van der Waals surface area contributed by atoms with Gasteiger partial charge in [-0.3, -0.25) is 0 Å². The number of hydrogen-bond donors (Lipinski definition) is 1. The second-order valence-corrected chi connectivity index (χ2v) is 11.1. The zero-order valence-electron chi connectivity index (χ0n) is 22.8. The molecular formula is C34H32ClN2O3+. The van der Waals surface area contributed by atoms with Crippen molar-refractivity contribution in [1.29, 1.82) is 0 Å². The number of quaternary nitrogens is 1. The van der Waals surface area contributed by atoms with Crippen molar-refractivity contribution < 1.29 is 14.6 Å². The molecule has 6 rings (SSSR count). The van der Waals surface area contributed by atoms with Gasteiger partial charge < -0.3 is 14.6 Å². The summed E-state index contributed by atoms with van der Waals surface area (Å²) in [5, 5.41) is 11.1. The van der Waals surface area contributed by atoms with Gasteiger partial charge in [0.15, 0.2) is 17.0 Å². The standard InChI is InChI=1S/C34H32ClN2O3/c1-24-30(21-38)36-23-37(24,31-20-29(35)19-25-22-39-33(2,3)40-32(25)31)34(26-13-7-4-8-14-26,27-15-9-5-10-16-27)28-17-11-6-12-18-28/h4-20,23,38H,21-22H2,1-3H3/q+1. The van der Waals surface area contributed by atoms with Gasteiger partial charge >= 0.3 is 0 Å². The van der Waals surface area contributed by atoms with Gasteiger partial charge in [0.05, 0.1) is 13.2 Å². The average molecular weight is 552 g/mol. The Kier molecular flexibility index (Phi) is 6.64. The SMILES string of the molecule is CC1=C(CO)N=C[N+]1(c1cc(Cl)cc2c1OC(C)(C)OC2)C(c1ccccc1)(c1ccccc1)c1ccccc1. The van der Waals surface area contributed by atoms with E-state index in [1.807, 2.05) is 57.4 Å². The minimum absolute atomic E-state index is 0.111. The van der Waals surface area contributed by atoms with E-state index in [9.17, 15) is 5.11 Å². The highest BCUT2D eigenvalue weighted by atomic mass is 35.5. The summed E-state index contributed by atoms with van der Waals surface area (Å²) in [6.45, 7) is 6.03. The molecule has 0 saturated heterocycles. The number of aliphatic hydroxyl groups is 1. The van der Waals surface area contributed by atoms with Crippen LogP contribution in [0.25, 0.3) is 0 Å². The molecule has 0 bridgehead atoms. The lowest BCUT2D eigenvalue weighted by Crippen LogP contribution is -2.62. The lowest BCUT2D eigenvalue weighted by Gasteiger charge is -2.50. The maximum Gasteiger partial charge on any atom is 0.205 e. The van der Waals surface area contributed by atoms with E-state index in [1.165, 1.54) is 0 Å². The molecule has 6 heteroatoms. The molecule has 0 radical (unpaired) electrons. The second-order valence-electron chi connectivity index (χ2n) is 10.7. The van der Waals surface area contributed by atoms with Crippen LogP contribution in [0.1, 0.15) is 43.0 Å². The Balaban J connectivity index is 1.85. The molecule has 0 aliphatic carbocycles. The van der Waals surface area contributed by atoms with Gasteiger partial charge in [-0.2, -0.15) is 9.48 Å². The highest BCUT2D eigenvalue weighted by molar-refractivity contribution is 6.31. The summed E-state index contributed by atoms with van der Waals surface area (Å²) in [4.78, 5) is 4.87. The van der Waals surface area contributed by atoms with Gasteiger partial charge in [-0.15, -0.1) is 0 Å². The van der Waals surface area contributed by atoms with Gasteiger partial charge in [-0.05, 0) is 6.07 Å². The van der Waals surface area contributed by atoms with Gasteiger partial charge in [0, 0.05) is 54.1 Å². The van der Waals surface area contributed by atoms with E-state index >= 15 is 0 Å². The van der Waals surface area contributed by atoms with Crippen LogP contribution >= 0.6 is 11.6 Å². The number of allylic oxidation sites excluding steroid dienone is 1. The number of benzene rings is 4. The predicted molar refractivity (Wildman–Crippen MR) is 160 cm³/mol. The van der Waals surface area contributed by atoms with Gasteiger partial charge in [0.1, 0.15) is 11.4 Å². The summed E-state index contributed by atoms with van der Waals surface area (Å²) in [6.07, 6.45) is 1.94. The van der Waals surface area contributed by atoms with Crippen LogP contribution in [-0.2, 0) is 16.9 Å². The molecule has 1 N–H and O–H groups in total. The molecule has 40 heavy (non-hydrogen) atoms.